The first-order chi connectivity index (χ1) is 8.18. The summed E-state index contributed by atoms with van der Waals surface area (Å²) in [6.07, 6.45) is 0. The van der Waals surface area contributed by atoms with Gasteiger partial charge in [-0.2, -0.15) is 0 Å². The second-order valence-corrected chi connectivity index (χ2v) is 3.68. The smallest absolute Gasteiger partial charge is 0.279 e. The molecule has 0 atom stereocenters. The number of nitrogens with zero attached hydrogens (tertiary/aromatic N) is 1. The number of rotatable bonds is 1. The van der Waals surface area contributed by atoms with E-state index < -0.39 is 11.5 Å². The van der Waals surface area contributed by atoms with Crippen LogP contribution in [0.15, 0.2) is 34.1 Å². The summed E-state index contributed by atoms with van der Waals surface area (Å²) in [7, 11) is 0. The summed E-state index contributed by atoms with van der Waals surface area (Å²) < 4.78 is 0. The molecule has 1 aliphatic rings. The summed E-state index contributed by atoms with van der Waals surface area (Å²) in [5.41, 5.74) is 5.63. The predicted octanol–water partition coefficient (Wildman–Crippen LogP) is -1.36. The lowest BCUT2D eigenvalue weighted by Gasteiger charge is -1.95. The maximum absolute atomic E-state index is 11.8. The molecule has 1 aromatic heterocycles. The molecule has 0 saturated carbocycles. The number of nitrogen functional groups attached to an aromatic ring is 1. The highest BCUT2D eigenvalue weighted by atomic mass is 16.1. The summed E-state index contributed by atoms with van der Waals surface area (Å²) in [5.74, 6) is -0.298. The molecule has 0 aliphatic carbocycles. The second kappa shape index (κ2) is 3.18. The van der Waals surface area contributed by atoms with Crippen molar-refractivity contribution in [1.82, 2.24) is 10.2 Å². The van der Waals surface area contributed by atoms with Crippen LogP contribution in [-0.2, 0) is 4.79 Å². The number of anilines is 1. The molecule has 3 rings (SSSR count). The normalized spacial score (nSPS) is 13.6. The average molecular weight is 228 g/mol. The number of carbonyl (C=O) groups is 1. The van der Waals surface area contributed by atoms with Crippen LogP contribution >= 0.6 is 0 Å². The van der Waals surface area contributed by atoms with Crippen LogP contribution in [0.4, 0.5) is 5.82 Å². The molecule has 2 aromatic rings. The number of H-pyrrole nitrogens is 2. The minimum Gasteiger partial charge on any atom is -0.383 e. The fourth-order valence-electron chi connectivity index (χ4n) is 1.92. The quantitative estimate of drug-likeness (QED) is 0.561. The SMILES string of the molecule is Nc1[nH][nH]c(=O)c1C1=c2ccccc2=NC1=O. The largest absolute Gasteiger partial charge is 0.383 e. The van der Waals surface area contributed by atoms with Crippen LogP contribution in [-0.4, -0.2) is 16.1 Å². The van der Waals surface area contributed by atoms with Gasteiger partial charge in [-0.3, -0.25) is 19.8 Å². The first-order valence-electron chi connectivity index (χ1n) is 4.97. The fourth-order valence-corrected chi connectivity index (χ4v) is 1.92. The van der Waals surface area contributed by atoms with E-state index in [1.165, 1.54) is 0 Å². The van der Waals surface area contributed by atoms with E-state index in [4.69, 9.17) is 5.73 Å². The zero-order valence-corrected chi connectivity index (χ0v) is 8.65. The van der Waals surface area contributed by atoms with E-state index in [9.17, 15) is 9.59 Å². The molecule has 0 unspecified atom stereocenters. The Balaban J connectivity index is 2.49. The molecule has 0 radical (unpaired) electrons. The number of nitrogens with two attached hydrogens (primary N) is 1. The van der Waals surface area contributed by atoms with Gasteiger partial charge in [-0.25, -0.2) is 4.99 Å². The van der Waals surface area contributed by atoms with E-state index in [2.05, 4.69) is 15.2 Å². The number of hydrogen-bond donors (Lipinski definition) is 3. The molecule has 1 amide bonds. The summed E-state index contributed by atoms with van der Waals surface area (Å²) in [6, 6.07) is 7.02. The lowest BCUT2D eigenvalue weighted by molar-refractivity contribution is -0.112. The first-order valence-corrected chi connectivity index (χ1v) is 4.97. The highest BCUT2D eigenvalue weighted by Crippen LogP contribution is 2.14. The number of nitrogens with one attached hydrogen (secondary N) is 2. The molecule has 0 saturated heterocycles. The third-order valence-electron chi connectivity index (χ3n) is 2.67. The van der Waals surface area contributed by atoms with Crippen molar-refractivity contribution < 1.29 is 4.79 Å². The predicted molar refractivity (Wildman–Crippen MR) is 60.6 cm³/mol. The number of amides is 1. The Morgan fingerprint density at radius 3 is 2.59 bits per heavy atom. The van der Waals surface area contributed by atoms with Crippen LogP contribution in [0.25, 0.3) is 5.57 Å². The van der Waals surface area contributed by atoms with Crippen molar-refractivity contribution >= 4 is 17.3 Å². The third-order valence-corrected chi connectivity index (χ3v) is 2.67. The maximum Gasteiger partial charge on any atom is 0.279 e. The molecular weight excluding hydrogens is 220 g/mol. The monoisotopic (exact) mass is 228 g/mol. The van der Waals surface area contributed by atoms with Crippen molar-refractivity contribution in [2.75, 3.05) is 5.73 Å². The third kappa shape index (κ3) is 1.24. The van der Waals surface area contributed by atoms with Gasteiger partial charge >= 0.3 is 0 Å². The van der Waals surface area contributed by atoms with Gasteiger partial charge in [0.15, 0.2) is 0 Å². The standard InChI is InChI=1S/C11H8N4O2/c12-9-8(11(17)15-14-9)7-5-3-1-2-4-6(5)13-10(7)16/h1-4H,(H4,12,14,15,17). The average Bonchev–Trinajstić information content (AvgIpc) is 2.79. The number of fused-ring (bicyclic) bond motifs is 1. The highest BCUT2D eigenvalue weighted by molar-refractivity contribution is 6.21. The van der Waals surface area contributed by atoms with Gasteiger partial charge in [0, 0.05) is 5.22 Å². The summed E-state index contributed by atoms with van der Waals surface area (Å²) in [6.45, 7) is 0. The lowest BCUT2D eigenvalue weighted by Crippen LogP contribution is -2.24. The molecular formula is C11H8N4O2. The van der Waals surface area contributed by atoms with Crippen molar-refractivity contribution in [3.05, 3.63) is 50.8 Å². The lowest BCUT2D eigenvalue weighted by atomic mass is 10.1. The Morgan fingerprint density at radius 1 is 1.12 bits per heavy atom. The highest BCUT2D eigenvalue weighted by Gasteiger charge is 2.23. The van der Waals surface area contributed by atoms with Crippen molar-refractivity contribution in [2.24, 2.45) is 4.99 Å². The van der Waals surface area contributed by atoms with Gasteiger partial charge in [0.2, 0.25) is 0 Å². The Kier molecular flexibility index (Phi) is 1.79. The molecule has 2 heterocycles. The molecule has 84 valence electrons. The van der Waals surface area contributed by atoms with E-state index in [0.29, 0.717) is 10.6 Å². The van der Waals surface area contributed by atoms with Gasteiger partial charge in [0.1, 0.15) is 5.82 Å². The van der Waals surface area contributed by atoms with Crippen LogP contribution in [0.1, 0.15) is 5.56 Å². The number of carbonyl (C=O) groups excluding carboxylic acids is 1. The maximum atomic E-state index is 11.8. The Morgan fingerprint density at radius 2 is 1.88 bits per heavy atom. The number of hydrogen-bond acceptors (Lipinski definition) is 3. The van der Waals surface area contributed by atoms with Gasteiger partial charge in [-0.05, 0) is 6.07 Å². The van der Waals surface area contributed by atoms with Gasteiger partial charge in [-0.1, -0.05) is 18.2 Å². The zero-order chi connectivity index (χ0) is 12.0. The van der Waals surface area contributed by atoms with Crippen LogP contribution in [0.3, 0.4) is 0 Å². The molecule has 0 spiro atoms. The van der Waals surface area contributed by atoms with Crippen LogP contribution in [0.5, 0.6) is 0 Å². The van der Waals surface area contributed by atoms with E-state index in [1.807, 2.05) is 0 Å². The Labute approximate surface area is 94.5 Å². The van der Waals surface area contributed by atoms with Crippen molar-refractivity contribution in [3.8, 4) is 0 Å². The molecule has 17 heavy (non-hydrogen) atoms. The number of aromatic nitrogens is 2. The fraction of sp³-hybridized carbons (Fsp3) is 0. The van der Waals surface area contributed by atoms with Crippen molar-refractivity contribution in [2.45, 2.75) is 0 Å². The van der Waals surface area contributed by atoms with Crippen molar-refractivity contribution in [1.29, 1.82) is 0 Å². The molecule has 6 nitrogen and oxygen atoms in total. The van der Waals surface area contributed by atoms with E-state index in [-0.39, 0.29) is 17.0 Å². The Hall–Kier alpha value is -2.63. The van der Waals surface area contributed by atoms with Crippen molar-refractivity contribution in [3.63, 3.8) is 0 Å². The second-order valence-electron chi connectivity index (χ2n) is 3.68. The molecule has 0 fully saturated rings. The van der Waals surface area contributed by atoms with Crippen LogP contribution < -0.4 is 21.9 Å². The zero-order valence-electron chi connectivity index (χ0n) is 8.65. The van der Waals surface area contributed by atoms with E-state index >= 15 is 0 Å². The van der Waals surface area contributed by atoms with E-state index in [1.54, 1.807) is 24.3 Å². The summed E-state index contributed by atoms with van der Waals surface area (Å²) >= 11 is 0. The topological polar surface area (TPSA) is 104 Å². The molecule has 4 N–H and O–H groups in total. The Bertz CT molecular complexity index is 797. The number of benzene rings is 1. The van der Waals surface area contributed by atoms with E-state index in [0.717, 1.165) is 0 Å². The number of aromatic amines is 2. The molecule has 0 bridgehead atoms. The van der Waals surface area contributed by atoms with Gasteiger partial charge in [0.25, 0.3) is 11.5 Å². The van der Waals surface area contributed by atoms with Gasteiger partial charge in [-0.15, -0.1) is 0 Å². The summed E-state index contributed by atoms with van der Waals surface area (Å²) in [5, 5.41) is 6.03. The molecule has 1 aliphatic heterocycles. The number of para-hydroxylation sites is 1. The minimum absolute atomic E-state index is 0.144. The molecule has 1 aromatic carbocycles. The first kappa shape index (κ1) is 9.59. The minimum atomic E-state index is -0.442. The molecule has 6 heteroatoms. The summed E-state index contributed by atoms with van der Waals surface area (Å²) in [4.78, 5) is 27.3. The van der Waals surface area contributed by atoms with Crippen LogP contribution in [0.2, 0.25) is 0 Å². The van der Waals surface area contributed by atoms with Gasteiger partial charge in [0.05, 0.1) is 16.5 Å². The van der Waals surface area contributed by atoms with Gasteiger partial charge < -0.3 is 5.73 Å². The van der Waals surface area contributed by atoms with Crippen LogP contribution in [0, 0.1) is 0 Å².